The number of hydrogen-bond donors (Lipinski definition) is 2. The van der Waals surface area contributed by atoms with Crippen molar-refractivity contribution in [2.24, 2.45) is 5.92 Å². The molecule has 0 spiro atoms. The standard InChI is InChI=1S/C13H13IN4O2/c1-2-7-3-8(5-19)20-13(7)18-4-9(14)10-11(15)16-6-17-12(10)18/h1,4,6-8,13,19H,3,5H2,(H2,15,16,17). The van der Waals surface area contributed by atoms with E-state index in [-0.39, 0.29) is 24.9 Å². The minimum absolute atomic E-state index is 0.0396. The van der Waals surface area contributed by atoms with Crippen molar-refractivity contribution in [1.29, 1.82) is 0 Å². The molecule has 0 amide bonds. The summed E-state index contributed by atoms with van der Waals surface area (Å²) in [7, 11) is 0. The number of nitrogens with zero attached hydrogens (tertiary/aromatic N) is 3. The van der Waals surface area contributed by atoms with Gasteiger partial charge in [-0.25, -0.2) is 9.97 Å². The monoisotopic (exact) mass is 384 g/mol. The second-order valence-corrected chi connectivity index (χ2v) is 5.84. The van der Waals surface area contributed by atoms with E-state index in [1.54, 1.807) is 0 Å². The fourth-order valence-electron chi connectivity index (χ4n) is 2.53. The molecule has 104 valence electrons. The zero-order chi connectivity index (χ0) is 14.3. The van der Waals surface area contributed by atoms with Crippen LogP contribution in [0.4, 0.5) is 5.82 Å². The van der Waals surface area contributed by atoms with E-state index < -0.39 is 0 Å². The molecule has 3 atom stereocenters. The van der Waals surface area contributed by atoms with Gasteiger partial charge in [-0.1, -0.05) is 5.92 Å². The van der Waals surface area contributed by atoms with Crippen LogP contribution in [-0.2, 0) is 4.74 Å². The Balaban J connectivity index is 2.11. The van der Waals surface area contributed by atoms with Gasteiger partial charge in [-0.15, -0.1) is 6.42 Å². The van der Waals surface area contributed by atoms with Crippen LogP contribution in [0.5, 0.6) is 0 Å². The normalized spacial score (nSPS) is 25.9. The van der Waals surface area contributed by atoms with Crippen LogP contribution >= 0.6 is 22.6 Å². The van der Waals surface area contributed by atoms with E-state index >= 15 is 0 Å². The Hall–Kier alpha value is -1.37. The van der Waals surface area contributed by atoms with Crippen molar-refractivity contribution in [2.75, 3.05) is 12.3 Å². The van der Waals surface area contributed by atoms with Gasteiger partial charge in [-0.05, 0) is 29.0 Å². The summed E-state index contributed by atoms with van der Waals surface area (Å²) in [5.41, 5.74) is 6.60. The summed E-state index contributed by atoms with van der Waals surface area (Å²) in [6.45, 7) is -0.0396. The molecule has 0 aliphatic carbocycles. The Morgan fingerprint density at radius 3 is 3.10 bits per heavy atom. The zero-order valence-electron chi connectivity index (χ0n) is 10.5. The Kier molecular flexibility index (Phi) is 3.54. The molecule has 3 heterocycles. The number of nitrogen functional groups attached to an aromatic ring is 1. The number of halogens is 1. The zero-order valence-corrected chi connectivity index (χ0v) is 12.7. The van der Waals surface area contributed by atoms with E-state index in [9.17, 15) is 5.11 Å². The molecule has 3 unspecified atom stereocenters. The van der Waals surface area contributed by atoms with E-state index in [0.29, 0.717) is 17.9 Å². The summed E-state index contributed by atoms with van der Waals surface area (Å²) in [5, 5.41) is 10.1. The minimum Gasteiger partial charge on any atom is -0.394 e. The molecule has 1 saturated heterocycles. The molecule has 0 radical (unpaired) electrons. The van der Waals surface area contributed by atoms with Crippen molar-refractivity contribution in [3.8, 4) is 12.3 Å². The summed E-state index contributed by atoms with van der Waals surface area (Å²) >= 11 is 2.19. The molecule has 7 heteroatoms. The molecule has 0 aromatic carbocycles. The molecule has 6 nitrogen and oxygen atoms in total. The van der Waals surface area contributed by atoms with Crippen molar-refractivity contribution >= 4 is 39.4 Å². The van der Waals surface area contributed by atoms with Crippen LogP contribution in [0.1, 0.15) is 12.6 Å². The van der Waals surface area contributed by atoms with Gasteiger partial charge >= 0.3 is 0 Å². The topological polar surface area (TPSA) is 86.2 Å². The third-order valence-electron chi connectivity index (χ3n) is 3.48. The van der Waals surface area contributed by atoms with Crippen LogP contribution in [-0.4, -0.2) is 32.4 Å². The predicted octanol–water partition coefficient (Wildman–Crippen LogP) is 1.15. The molecular weight excluding hydrogens is 371 g/mol. The smallest absolute Gasteiger partial charge is 0.149 e. The molecule has 2 aromatic heterocycles. The van der Waals surface area contributed by atoms with Crippen LogP contribution in [0.2, 0.25) is 0 Å². The van der Waals surface area contributed by atoms with Crippen LogP contribution in [0.25, 0.3) is 11.0 Å². The number of terminal acetylenes is 1. The molecular formula is C13H13IN4O2. The maximum Gasteiger partial charge on any atom is 0.149 e. The first-order chi connectivity index (χ1) is 9.65. The summed E-state index contributed by atoms with van der Waals surface area (Å²) < 4.78 is 8.66. The van der Waals surface area contributed by atoms with Crippen molar-refractivity contribution in [3.63, 3.8) is 0 Å². The Morgan fingerprint density at radius 2 is 2.40 bits per heavy atom. The number of nitrogens with two attached hydrogens (primary N) is 1. The van der Waals surface area contributed by atoms with Crippen molar-refractivity contribution in [3.05, 3.63) is 16.1 Å². The minimum atomic E-state index is -0.336. The fourth-order valence-corrected chi connectivity index (χ4v) is 3.35. The molecule has 1 aliphatic rings. The quantitative estimate of drug-likeness (QED) is 0.599. The van der Waals surface area contributed by atoms with Crippen molar-refractivity contribution in [1.82, 2.24) is 14.5 Å². The lowest BCUT2D eigenvalue weighted by Crippen LogP contribution is -2.16. The van der Waals surface area contributed by atoms with Crippen molar-refractivity contribution in [2.45, 2.75) is 18.8 Å². The molecule has 3 N–H and O–H groups in total. The highest BCUT2D eigenvalue weighted by Crippen LogP contribution is 2.37. The highest BCUT2D eigenvalue weighted by atomic mass is 127. The van der Waals surface area contributed by atoms with Gasteiger partial charge in [0, 0.05) is 9.77 Å². The lowest BCUT2D eigenvalue weighted by Gasteiger charge is -2.17. The highest BCUT2D eigenvalue weighted by Gasteiger charge is 2.36. The van der Waals surface area contributed by atoms with Crippen LogP contribution in [0, 0.1) is 21.8 Å². The lowest BCUT2D eigenvalue weighted by atomic mass is 10.0. The van der Waals surface area contributed by atoms with E-state index in [0.717, 1.165) is 8.96 Å². The molecule has 0 bridgehead atoms. The number of rotatable bonds is 2. The van der Waals surface area contributed by atoms with E-state index in [2.05, 4.69) is 38.5 Å². The first kappa shape index (κ1) is 13.6. The van der Waals surface area contributed by atoms with Gasteiger partial charge < -0.3 is 20.1 Å². The number of aliphatic hydroxyl groups is 1. The van der Waals surface area contributed by atoms with E-state index in [1.165, 1.54) is 6.33 Å². The van der Waals surface area contributed by atoms with E-state index in [4.69, 9.17) is 16.9 Å². The summed E-state index contributed by atoms with van der Waals surface area (Å²) in [6.07, 6.45) is 8.96. The summed E-state index contributed by atoms with van der Waals surface area (Å²) in [4.78, 5) is 8.29. The van der Waals surface area contributed by atoms with Crippen LogP contribution in [0.3, 0.4) is 0 Å². The van der Waals surface area contributed by atoms with E-state index in [1.807, 2.05) is 10.8 Å². The average Bonchev–Trinajstić information content (AvgIpc) is 3.00. The first-order valence-electron chi connectivity index (χ1n) is 6.14. The van der Waals surface area contributed by atoms with Gasteiger partial charge in [0.1, 0.15) is 24.0 Å². The number of hydrogen-bond acceptors (Lipinski definition) is 5. The number of fused-ring (bicyclic) bond motifs is 1. The summed E-state index contributed by atoms with van der Waals surface area (Å²) in [5.74, 6) is 3.07. The molecule has 20 heavy (non-hydrogen) atoms. The van der Waals surface area contributed by atoms with Gasteiger partial charge in [0.25, 0.3) is 0 Å². The van der Waals surface area contributed by atoms with Crippen molar-refractivity contribution < 1.29 is 9.84 Å². The van der Waals surface area contributed by atoms with Crippen LogP contribution < -0.4 is 5.73 Å². The highest BCUT2D eigenvalue weighted by molar-refractivity contribution is 14.1. The predicted molar refractivity (Wildman–Crippen MR) is 82.6 cm³/mol. The third-order valence-corrected chi connectivity index (χ3v) is 4.30. The molecule has 0 saturated carbocycles. The summed E-state index contributed by atoms with van der Waals surface area (Å²) in [6, 6.07) is 0. The first-order valence-corrected chi connectivity index (χ1v) is 7.22. The van der Waals surface area contributed by atoms with Gasteiger partial charge in [-0.2, -0.15) is 0 Å². The molecule has 2 aromatic rings. The SMILES string of the molecule is C#CC1CC(CO)OC1n1cc(I)c2c(N)ncnc21. The van der Waals surface area contributed by atoms with Gasteiger partial charge in [0.2, 0.25) is 0 Å². The average molecular weight is 384 g/mol. The number of ether oxygens (including phenoxy) is 1. The number of aliphatic hydroxyl groups excluding tert-OH is 1. The number of anilines is 1. The maximum absolute atomic E-state index is 9.26. The number of aromatic nitrogens is 3. The third kappa shape index (κ3) is 2.04. The fraction of sp³-hybridized carbons (Fsp3) is 0.385. The second kappa shape index (κ2) is 5.20. The van der Waals surface area contributed by atoms with Gasteiger partial charge in [0.15, 0.2) is 0 Å². The maximum atomic E-state index is 9.26. The second-order valence-electron chi connectivity index (χ2n) is 4.68. The molecule has 1 fully saturated rings. The Bertz CT molecular complexity index is 693. The van der Waals surface area contributed by atoms with Gasteiger partial charge in [-0.3, -0.25) is 0 Å². The largest absolute Gasteiger partial charge is 0.394 e. The Labute approximate surface area is 129 Å². The molecule has 3 rings (SSSR count). The lowest BCUT2D eigenvalue weighted by molar-refractivity contribution is -0.0260. The van der Waals surface area contributed by atoms with Crippen LogP contribution in [0.15, 0.2) is 12.5 Å². The molecule has 1 aliphatic heterocycles. The van der Waals surface area contributed by atoms with Gasteiger partial charge in [0.05, 0.1) is 24.0 Å². The Morgan fingerprint density at radius 1 is 1.60 bits per heavy atom.